The van der Waals surface area contributed by atoms with E-state index in [1.807, 2.05) is 18.2 Å². The molecule has 0 aliphatic carbocycles. The standard InChI is InChI=1S/C17H21N3O4/c1-13(19-16(21)15-7-5-10-24-15)17(22)20(9-11-23-2)12-14-6-3-4-8-18-14/h3-8,10,13H,9,11-12H2,1-2H3,(H,19,21)/t13-/m1/s1. The molecular weight excluding hydrogens is 310 g/mol. The molecule has 0 fully saturated rings. The number of hydrogen-bond donors (Lipinski definition) is 1. The highest BCUT2D eigenvalue weighted by atomic mass is 16.5. The third-order valence-corrected chi connectivity index (χ3v) is 3.42. The monoisotopic (exact) mass is 331 g/mol. The van der Waals surface area contributed by atoms with Crippen LogP contribution in [0.5, 0.6) is 0 Å². The Labute approximate surface area is 140 Å². The minimum absolute atomic E-state index is 0.169. The molecule has 2 heterocycles. The molecule has 0 saturated heterocycles. The maximum Gasteiger partial charge on any atom is 0.287 e. The summed E-state index contributed by atoms with van der Waals surface area (Å²) in [5.74, 6) is -0.467. The Bertz CT molecular complexity index is 643. The number of amides is 2. The highest BCUT2D eigenvalue weighted by Crippen LogP contribution is 2.06. The second kappa shape index (κ2) is 8.83. The van der Waals surface area contributed by atoms with Gasteiger partial charge in [0.2, 0.25) is 5.91 Å². The summed E-state index contributed by atoms with van der Waals surface area (Å²) < 4.78 is 10.1. The highest BCUT2D eigenvalue weighted by Gasteiger charge is 2.23. The van der Waals surface area contributed by atoms with Crippen molar-refractivity contribution in [1.82, 2.24) is 15.2 Å². The number of rotatable bonds is 8. The molecule has 0 aromatic carbocycles. The van der Waals surface area contributed by atoms with Crippen molar-refractivity contribution in [3.05, 3.63) is 54.2 Å². The van der Waals surface area contributed by atoms with Gasteiger partial charge in [-0.2, -0.15) is 0 Å². The van der Waals surface area contributed by atoms with E-state index in [2.05, 4.69) is 10.3 Å². The van der Waals surface area contributed by atoms with Gasteiger partial charge in [-0.15, -0.1) is 0 Å². The van der Waals surface area contributed by atoms with Crippen LogP contribution in [0.4, 0.5) is 0 Å². The second-order valence-corrected chi connectivity index (χ2v) is 5.25. The van der Waals surface area contributed by atoms with Gasteiger partial charge in [0.05, 0.1) is 25.1 Å². The molecule has 0 unspecified atom stereocenters. The van der Waals surface area contributed by atoms with E-state index in [1.54, 1.807) is 37.3 Å². The van der Waals surface area contributed by atoms with E-state index in [-0.39, 0.29) is 11.7 Å². The fourth-order valence-corrected chi connectivity index (χ4v) is 2.17. The van der Waals surface area contributed by atoms with Crippen LogP contribution >= 0.6 is 0 Å². The summed E-state index contributed by atoms with van der Waals surface area (Å²) in [6, 6.07) is 8.00. The van der Waals surface area contributed by atoms with Crippen LogP contribution in [0.1, 0.15) is 23.2 Å². The summed E-state index contributed by atoms with van der Waals surface area (Å²) in [5, 5.41) is 2.64. The van der Waals surface area contributed by atoms with Gasteiger partial charge in [0, 0.05) is 19.9 Å². The van der Waals surface area contributed by atoms with Gasteiger partial charge in [0.1, 0.15) is 6.04 Å². The number of pyridine rings is 1. The minimum Gasteiger partial charge on any atom is -0.459 e. The third kappa shape index (κ3) is 4.92. The van der Waals surface area contributed by atoms with Gasteiger partial charge in [-0.25, -0.2) is 0 Å². The quantitative estimate of drug-likeness (QED) is 0.792. The molecule has 1 atom stereocenters. The average Bonchev–Trinajstić information content (AvgIpc) is 3.13. The van der Waals surface area contributed by atoms with Crippen LogP contribution in [0.15, 0.2) is 47.2 Å². The van der Waals surface area contributed by atoms with Gasteiger partial charge in [-0.1, -0.05) is 6.07 Å². The third-order valence-electron chi connectivity index (χ3n) is 3.42. The second-order valence-electron chi connectivity index (χ2n) is 5.25. The van der Waals surface area contributed by atoms with E-state index in [9.17, 15) is 9.59 Å². The number of methoxy groups -OCH3 is 1. The van der Waals surface area contributed by atoms with Gasteiger partial charge < -0.3 is 19.4 Å². The van der Waals surface area contributed by atoms with E-state index in [4.69, 9.17) is 9.15 Å². The molecule has 7 heteroatoms. The van der Waals surface area contributed by atoms with Crippen LogP contribution < -0.4 is 5.32 Å². The Morgan fingerprint density at radius 3 is 2.79 bits per heavy atom. The smallest absolute Gasteiger partial charge is 0.287 e. The first-order chi connectivity index (χ1) is 11.6. The lowest BCUT2D eigenvalue weighted by molar-refractivity contribution is -0.134. The van der Waals surface area contributed by atoms with Crippen molar-refractivity contribution in [2.75, 3.05) is 20.3 Å². The van der Waals surface area contributed by atoms with Crippen LogP contribution in [0, 0.1) is 0 Å². The van der Waals surface area contributed by atoms with Crippen molar-refractivity contribution < 1.29 is 18.7 Å². The Balaban J connectivity index is 2.01. The predicted octanol–water partition coefficient (Wildman–Crippen LogP) is 1.47. The van der Waals surface area contributed by atoms with Crippen molar-refractivity contribution in [3.8, 4) is 0 Å². The first-order valence-corrected chi connectivity index (χ1v) is 7.64. The van der Waals surface area contributed by atoms with Crippen molar-refractivity contribution in [2.24, 2.45) is 0 Å². The summed E-state index contributed by atoms with van der Waals surface area (Å²) in [6.07, 6.45) is 3.09. The molecule has 2 rings (SSSR count). The maximum atomic E-state index is 12.7. The Hall–Kier alpha value is -2.67. The molecule has 0 radical (unpaired) electrons. The molecule has 0 spiro atoms. The number of nitrogens with zero attached hydrogens (tertiary/aromatic N) is 2. The Morgan fingerprint density at radius 2 is 2.17 bits per heavy atom. The zero-order valence-electron chi connectivity index (χ0n) is 13.8. The Kier molecular flexibility index (Phi) is 6.51. The predicted molar refractivity (Wildman–Crippen MR) is 87.2 cm³/mol. The molecule has 2 amide bonds. The highest BCUT2D eigenvalue weighted by molar-refractivity contribution is 5.95. The number of carbonyl (C=O) groups is 2. The van der Waals surface area contributed by atoms with Gasteiger partial charge in [0.25, 0.3) is 5.91 Å². The first kappa shape index (κ1) is 17.7. The number of furan rings is 1. The maximum absolute atomic E-state index is 12.7. The van der Waals surface area contributed by atoms with Crippen molar-refractivity contribution in [2.45, 2.75) is 19.5 Å². The molecule has 2 aromatic rings. The van der Waals surface area contributed by atoms with E-state index < -0.39 is 11.9 Å². The van der Waals surface area contributed by atoms with Crippen LogP contribution in [-0.4, -0.2) is 48.0 Å². The number of aromatic nitrogens is 1. The summed E-state index contributed by atoms with van der Waals surface area (Å²) >= 11 is 0. The topological polar surface area (TPSA) is 84.7 Å². The summed E-state index contributed by atoms with van der Waals surface area (Å²) in [5.41, 5.74) is 0.770. The fourth-order valence-electron chi connectivity index (χ4n) is 2.17. The van der Waals surface area contributed by atoms with Gasteiger partial charge >= 0.3 is 0 Å². The van der Waals surface area contributed by atoms with E-state index in [0.717, 1.165) is 5.69 Å². The van der Waals surface area contributed by atoms with Crippen LogP contribution in [-0.2, 0) is 16.1 Å². The lowest BCUT2D eigenvalue weighted by atomic mass is 10.2. The zero-order valence-corrected chi connectivity index (χ0v) is 13.8. The molecule has 24 heavy (non-hydrogen) atoms. The van der Waals surface area contributed by atoms with Crippen molar-refractivity contribution in [1.29, 1.82) is 0 Å². The van der Waals surface area contributed by atoms with E-state index in [1.165, 1.54) is 6.26 Å². The number of hydrogen-bond acceptors (Lipinski definition) is 5. The lowest BCUT2D eigenvalue weighted by Gasteiger charge is -2.25. The molecule has 0 saturated carbocycles. The van der Waals surface area contributed by atoms with Gasteiger partial charge in [0.15, 0.2) is 5.76 Å². The molecule has 1 N–H and O–H groups in total. The molecule has 128 valence electrons. The fraction of sp³-hybridized carbons (Fsp3) is 0.353. The average molecular weight is 331 g/mol. The summed E-state index contributed by atoms with van der Waals surface area (Å²) in [6.45, 7) is 2.80. The molecule has 0 aliphatic rings. The molecule has 7 nitrogen and oxygen atoms in total. The lowest BCUT2D eigenvalue weighted by Crippen LogP contribution is -2.47. The Morgan fingerprint density at radius 1 is 1.33 bits per heavy atom. The molecule has 2 aromatic heterocycles. The largest absolute Gasteiger partial charge is 0.459 e. The van der Waals surface area contributed by atoms with E-state index >= 15 is 0 Å². The van der Waals surface area contributed by atoms with Gasteiger partial charge in [-0.3, -0.25) is 14.6 Å². The van der Waals surface area contributed by atoms with Gasteiger partial charge in [-0.05, 0) is 31.2 Å². The summed E-state index contributed by atoms with van der Waals surface area (Å²) in [4.78, 5) is 30.5. The van der Waals surface area contributed by atoms with Crippen LogP contribution in [0.25, 0.3) is 0 Å². The van der Waals surface area contributed by atoms with Crippen molar-refractivity contribution in [3.63, 3.8) is 0 Å². The van der Waals surface area contributed by atoms with E-state index in [0.29, 0.717) is 19.7 Å². The van der Waals surface area contributed by atoms with Crippen molar-refractivity contribution >= 4 is 11.8 Å². The normalized spacial score (nSPS) is 11.8. The van der Waals surface area contributed by atoms with Crippen LogP contribution in [0.3, 0.4) is 0 Å². The number of ether oxygens (including phenoxy) is 1. The first-order valence-electron chi connectivity index (χ1n) is 7.64. The number of carbonyl (C=O) groups excluding carboxylic acids is 2. The molecule has 0 aliphatic heterocycles. The minimum atomic E-state index is -0.692. The SMILES string of the molecule is COCCN(Cc1ccccn1)C(=O)[C@@H](C)NC(=O)c1ccco1. The summed E-state index contributed by atoms with van der Waals surface area (Å²) in [7, 11) is 1.57. The molecule has 0 bridgehead atoms. The number of nitrogens with one attached hydrogen (secondary N) is 1. The van der Waals surface area contributed by atoms with Crippen LogP contribution in [0.2, 0.25) is 0 Å². The zero-order chi connectivity index (χ0) is 17.4. The molecular formula is C17H21N3O4.